The molecule has 0 aliphatic heterocycles. The second-order valence-corrected chi connectivity index (χ2v) is 6.09. The fraction of sp³-hybridized carbons (Fsp3) is 0.0625. The SMILES string of the molecule is O=C(O)c1ccc(Cn2cnc3ccc(I)cc3c2=O)cc1. The van der Waals surface area contributed by atoms with Gasteiger partial charge in [-0.25, -0.2) is 9.78 Å². The van der Waals surface area contributed by atoms with Gasteiger partial charge in [-0.15, -0.1) is 0 Å². The second-order valence-electron chi connectivity index (χ2n) is 4.84. The highest BCUT2D eigenvalue weighted by Crippen LogP contribution is 2.12. The zero-order chi connectivity index (χ0) is 15.7. The first-order valence-electron chi connectivity index (χ1n) is 6.51. The van der Waals surface area contributed by atoms with E-state index in [9.17, 15) is 9.59 Å². The first kappa shape index (κ1) is 14.7. The lowest BCUT2D eigenvalue weighted by Crippen LogP contribution is -2.21. The summed E-state index contributed by atoms with van der Waals surface area (Å²) < 4.78 is 2.50. The molecule has 1 aromatic heterocycles. The van der Waals surface area contributed by atoms with Crippen LogP contribution in [-0.2, 0) is 6.54 Å². The summed E-state index contributed by atoms with van der Waals surface area (Å²) in [5.74, 6) is -0.967. The minimum absolute atomic E-state index is 0.106. The predicted molar refractivity (Wildman–Crippen MR) is 91.2 cm³/mol. The number of aromatic carboxylic acids is 1. The van der Waals surface area contributed by atoms with Crippen molar-refractivity contribution in [2.24, 2.45) is 0 Å². The summed E-state index contributed by atoms with van der Waals surface area (Å²) in [5, 5.41) is 9.47. The number of fused-ring (bicyclic) bond motifs is 1. The first-order valence-corrected chi connectivity index (χ1v) is 7.59. The van der Waals surface area contributed by atoms with Gasteiger partial charge >= 0.3 is 5.97 Å². The lowest BCUT2D eigenvalue weighted by atomic mass is 10.1. The number of carbonyl (C=O) groups is 1. The van der Waals surface area contributed by atoms with Gasteiger partial charge in [0.05, 0.1) is 29.3 Å². The molecule has 0 bridgehead atoms. The van der Waals surface area contributed by atoms with Crippen LogP contribution in [0.5, 0.6) is 0 Å². The topological polar surface area (TPSA) is 72.2 Å². The standard InChI is InChI=1S/C16H11IN2O3/c17-12-5-6-14-13(7-12)15(20)19(9-18-14)8-10-1-3-11(4-2-10)16(21)22/h1-7,9H,8H2,(H,21,22). The van der Waals surface area contributed by atoms with Gasteiger partial charge in [-0.05, 0) is 58.5 Å². The third-order valence-corrected chi connectivity index (χ3v) is 4.01. The predicted octanol–water partition coefficient (Wildman–Crippen LogP) is 2.75. The molecule has 1 heterocycles. The average Bonchev–Trinajstić information content (AvgIpc) is 2.51. The van der Waals surface area contributed by atoms with Crippen molar-refractivity contribution in [3.05, 3.63) is 73.8 Å². The molecule has 3 rings (SSSR count). The van der Waals surface area contributed by atoms with Gasteiger partial charge in [0, 0.05) is 3.57 Å². The van der Waals surface area contributed by atoms with Gasteiger partial charge in [0.25, 0.3) is 5.56 Å². The van der Waals surface area contributed by atoms with E-state index >= 15 is 0 Å². The molecule has 0 saturated carbocycles. The van der Waals surface area contributed by atoms with Crippen LogP contribution < -0.4 is 5.56 Å². The molecular formula is C16H11IN2O3. The van der Waals surface area contributed by atoms with Crippen LogP contribution >= 0.6 is 22.6 Å². The lowest BCUT2D eigenvalue weighted by molar-refractivity contribution is 0.0697. The van der Waals surface area contributed by atoms with Crippen LogP contribution in [0.25, 0.3) is 10.9 Å². The highest BCUT2D eigenvalue weighted by molar-refractivity contribution is 14.1. The Labute approximate surface area is 139 Å². The van der Waals surface area contributed by atoms with E-state index in [1.54, 1.807) is 12.1 Å². The Bertz CT molecular complexity index is 917. The Kier molecular flexibility index (Phi) is 3.93. The van der Waals surface area contributed by atoms with Crippen molar-refractivity contribution < 1.29 is 9.90 Å². The van der Waals surface area contributed by atoms with E-state index < -0.39 is 5.97 Å². The molecular weight excluding hydrogens is 395 g/mol. The normalized spacial score (nSPS) is 10.8. The van der Waals surface area contributed by atoms with Crippen LogP contribution in [0.15, 0.2) is 53.6 Å². The van der Waals surface area contributed by atoms with E-state index in [0.29, 0.717) is 17.4 Å². The van der Waals surface area contributed by atoms with Crippen LogP contribution in [0, 0.1) is 3.57 Å². The number of carboxylic acids is 1. The Morgan fingerprint density at radius 1 is 1.18 bits per heavy atom. The summed E-state index contributed by atoms with van der Waals surface area (Å²) in [6.07, 6.45) is 1.52. The molecule has 0 unspecified atom stereocenters. The number of hydrogen-bond donors (Lipinski definition) is 1. The van der Waals surface area contributed by atoms with Crippen molar-refractivity contribution in [1.82, 2.24) is 9.55 Å². The van der Waals surface area contributed by atoms with E-state index in [1.165, 1.54) is 23.0 Å². The Hall–Kier alpha value is -2.22. The maximum atomic E-state index is 12.5. The molecule has 110 valence electrons. The van der Waals surface area contributed by atoms with E-state index in [1.807, 2.05) is 18.2 Å². The number of carboxylic acid groups (broad SMARTS) is 1. The van der Waals surface area contributed by atoms with Crippen molar-refractivity contribution in [2.75, 3.05) is 0 Å². The minimum atomic E-state index is -0.967. The number of rotatable bonds is 3. The lowest BCUT2D eigenvalue weighted by Gasteiger charge is -2.07. The summed E-state index contributed by atoms with van der Waals surface area (Å²) in [6.45, 7) is 0.354. The van der Waals surface area contributed by atoms with E-state index in [2.05, 4.69) is 27.6 Å². The molecule has 2 aromatic carbocycles. The van der Waals surface area contributed by atoms with Crippen molar-refractivity contribution in [1.29, 1.82) is 0 Å². The number of halogens is 1. The summed E-state index contributed by atoms with van der Waals surface area (Å²) in [6, 6.07) is 12.0. The first-order chi connectivity index (χ1) is 10.5. The smallest absolute Gasteiger partial charge is 0.335 e. The van der Waals surface area contributed by atoms with Gasteiger partial charge < -0.3 is 5.11 Å². The number of hydrogen-bond acceptors (Lipinski definition) is 3. The van der Waals surface area contributed by atoms with Gasteiger partial charge in [0.1, 0.15) is 0 Å². The van der Waals surface area contributed by atoms with Crippen molar-refractivity contribution in [2.45, 2.75) is 6.54 Å². The zero-order valence-corrected chi connectivity index (χ0v) is 13.5. The van der Waals surface area contributed by atoms with Crippen molar-refractivity contribution in [3.63, 3.8) is 0 Å². The van der Waals surface area contributed by atoms with Crippen LogP contribution in [0.1, 0.15) is 15.9 Å². The Morgan fingerprint density at radius 3 is 2.59 bits per heavy atom. The summed E-state index contributed by atoms with van der Waals surface area (Å²) in [7, 11) is 0. The third-order valence-electron chi connectivity index (χ3n) is 3.34. The molecule has 0 aliphatic carbocycles. The molecule has 0 aliphatic rings. The fourth-order valence-corrected chi connectivity index (χ4v) is 2.68. The fourth-order valence-electron chi connectivity index (χ4n) is 2.19. The van der Waals surface area contributed by atoms with Crippen LogP contribution in [0.4, 0.5) is 0 Å². The van der Waals surface area contributed by atoms with E-state index in [4.69, 9.17) is 5.11 Å². The van der Waals surface area contributed by atoms with Crippen LogP contribution in [0.3, 0.4) is 0 Å². The van der Waals surface area contributed by atoms with Gasteiger partial charge in [-0.3, -0.25) is 9.36 Å². The van der Waals surface area contributed by atoms with Crippen molar-refractivity contribution in [3.8, 4) is 0 Å². The molecule has 0 fully saturated rings. The molecule has 5 nitrogen and oxygen atoms in total. The molecule has 22 heavy (non-hydrogen) atoms. The summed E-state index contributed by atoms with van der Waals surface area (Å²) >= 11 is 2.16. The third kappa shape index (κ3) is 2.87. The quantitative estimate of drug-likeness (QED) is 0.680. The monoisotopic (exact) mass is 406 g/mol. The highest BCUT2D eigenvalue weighted by Gasteiger charge is 2.06. The molecule has 0 spiro atoms. The van der Waals surface area contributed by atoms with E-state index in [0.717, 1.165) is 9.13 Å². The Balaban J connectivity index is 1.98. The molecule has 6 heteroatoms. The van der Waals surface area contributed by atoms with Gasteiger partial charge in [0.15, 0.2) is 0 Å². The van der Waals surface area contributed by atoms with Gasteiger partial charge in [0.2, 0.25) is 0 Å². The average molecular weight is 406 g/mol. The molecule has 0 amide bonds. The van der Waals surface area contributed by atoms with E-state index in [-0.39, 0.29) is 11.1 Å². The maximum Gasteiger partial charge on any atom is 0.335 e. The maximum absolute atomic E-state index is 12.5. The highest BCUT2D eigenvalue weighted by atomic mass is 127. The van der Waals surface area contributed by atoms with Gasteiger partial charge in [-0.1, -0.05) is 12.1 Å². The number of nitrogens with zero attached hydrogens (tertiary/aromatic N) is 2. The molecule has 3 aromatic rings. The van der Waals surface area contributed by atoms with Crippen molar-refractivity contribution >= 4 is 39.5 Å². The van der Waals surface area contributed by atoms with Crippen LogP contribution in [0.2, 0.25) is 0 Å². The zero-order valence-electron chi connectivity index (χ0n) is 11.4. The van der Waals surface area contributed by atoms with Gasteiger partial charge in [-0.2, -0.15) is 0 Å². The largest absolute Gasteiger partial charge is 0.478 e. The number of benzene rings is 2. The number of aromatic nitrogens is 2. The van der Waals surface area contributed by atoms with Crippen LogP contribution in [-0.4, -0.2) is 20.6 Å². The molecule has 0 saturated heterocycles. The molecule has 0 radical (unpaired) electrons. The molecule has 0 atom stereocenters. The second kappa shape index (κ2) is 5.88. The summed E-state index contributed by atoms with van der Waals surface area (Å²) in [4.78, 5) is 27.6. The molecule has 1 N–H and O–H groups in total. The Morgan fingerprint density at radius 2 is 1.91 bits per heavy atom. The summed E-state index contributed by atoms with van der Waals surface area (Å²) in [5.41, 5.74) is 1.63. The minimum Gasteiger partial charge on any atom is -0.478 e.